The molecule has 11 heavy (non-hydrogen) atoms. The molecule has 0 saturated carbocycles. The summed E-state index contributed by atoms with van der Waals surface area (Å²) in [6.45, 7) is 4.13. The van der Waals surface area contributed by atoms with E-state index in [1.165, 1.54) is 0 Å². The molecule has 0 aliphatic carbocycles. The first-order valence-corrected chi connectivity index (χ1v) is 5.56. The van der Waals surface area contributed by atoms with Crippen LogP contribution in [0.25, 0.3) is 0 Å². The molecule has 0 aromatic rings. The minimum atomic E-state index is -0.0480. The Kier molecular flexibility index (Phi) is 5.38. The number of carbonyl (C=O) groups excluding carboxylic acids is 1. The van der Waals surface area contributed by atoms with Gasteiger partial charge in [-0.25, -0.2) is 0 Å². The molecule has 0 heterocycles. The first kappa shape index (κ1) is 10.8. The van der Waals surface area contributed by atoms with E-state index in [1.54, 1.807) is 7.05 Å². The minimum Gasteiger partial charge on any atom is -0.299 e. The summed E-state index contributed by atoms with van der Waals surface area (Å²) in [6, 6.07) is 0. The van der Waals surface area contributed by atoms with Crippen LogP contribution in [0.3, 0.4) is 0 Å². The van der Waals surface area contributed by atoms with Gasteiger partial charge in [0.25, 0.3) is 0 Å². The largest absolute Gasteiger partial charge is 0.299 e. The molecule has 66 valence electrons. The molecule has 0 rings (SSSR count). The lowest BCUT2D eigenvalue weighted by atomic mass is 10.1. The normalized spacial score (nSPS) is 13.9. The first-order valence-electron chi connectivity index (χ1n) is 3.80. The topological polar surface area (TPSA) is 29.4 Å². The van der Waals surface area contributed by atoms with E-state index in [-0.39, 0.29) is 10.7 Å². The Hall–Kier alpha value is -0.180. The molecular formula is C8H17NOS. The zero-order valence-corrected chi connectivity index (χ0v) is 8.57. The molecule has 1 unspecified atom stereocenters. The standard InChI is InChI=1S/C8H17NOS/c1-7(2)5-8(10)6-11(4)9-3/h7H,5-6H2,1-4H3. The van der Waals surface area contributed by atoms with Crippen molar-refractivity contribution in [2.24, 2.45) is 10.3 Å². The summed E-state index contributed by atoms with van der Waals surface area (Å²) in [4.78, 5) is 11.2. The van der Waals surface area contributed by atoms with Crippen molar-refractivity contribution in [3.8, 4) is 0 Å². The SMILES string of the molecule is CN=S(C)CC(=O)CC(C)C. The molecule has 3 heteroatoms. The van der Waals surface area contributed by atoms with Crippen molar-refractivity contribution in [3.05, 3.63) is 0 Å². The maximum absolute atomic E-state index is 11.2. The second kappa shape index (κ2) is 5.47. The highest BCUT2D eigenvalue weighted by atomic mass is 32.2. The maximum atomic E-state index is 11.2. The van der Waals surface area contributed by atoms with Crippen molar-refractivity contribution in [2.75, 3.05) is 19.1 Å². The predicted octanol–water partition coefficient (Wildman–Crippen LogP) is 1.66. The molecule has 0 aromatic heterocycles. The molecule has 0 aliphatic rings. The fourth-order valence-corrected chi connectivity index (χ4v) is 1.52. The summed E-state index contributed by atoms with van der Waals surface area (Å²) < 4.78 is 4.04. The molecule has 0 aromatic carbocycles. The van der Waals surface area contributed by atoms with Gasteiger partial charge < -0.3 is 0 Å². The number of hydrogen-bond acceptors (Lipinski definition) is 2. The van der Waals surface area contributed by atoms with Gasteiger partial charge in [-0.05, 0) is 12.2 Å². The summed E-state index contributed by atoms with van der Waals surface area (Å²) in [7, 11) is 1.72. The van der Waals surface area contributed by atoms with Crippen LogP contribution in [0.4, 0.5) is 0 Å². The number of Topliss-reactive ketones (excluding diaryl/α,β-unsaturated/α-hetero) is 1. The Bertz CT molecular complexity index is 163. The number of rotatable bonds is 4. The molecule has 0 aliphatic heterocycles. The molecule has 0 saturated heterocycles. The van der Waals surface area contributed by atoms with E-state index in [4.69, 9.17) is 0 Å². The highest BCUT2D eigenvalue weighted by Gasteiger charge is 2.04. The summed E-state index contributed by atoms with van der Waals surface area (Å²) in [5.41, 5.74) is 0. The van der Waals surface area contributed by atoms with Gasteiger partial charge in [0.05, 0.1) is 5.75 Å². The maximum Gasteiger partial charge on any atom is 0.143 e. The second-order valence-corrected chi connectivity index (χ2v) is 4.92. The molecule has 2 nitrogen and oxygen atoms in total. The zero-order chi connectivity index (χ0) is 8.85. The Morgan fingerprint density at radius 2 is 2.09 bits per heavy atom. The number of ketones is 1. The van der Waals surface area contributed by atoms with Gasteiger partial charge in [-0.1, -0.05) is 24.5 Å². The lowest BCUT2D eigenvalue weighted by Crippen LogP contribution is -2.11. The van der Waals surface area contributed by atoms with Gasteiger partial charge in [0, 0.05) is 13.5 Å². The second-order valence-electron chi connectivity index (χ2n) is 3.06. The third-order valence-electron chi connectivity index (χ3n) is 1.32. The molecule has 0 N–H and O–H groups in total. The highest BCUT2D eigenvalue weighted by molar-refractivity contribution is 7.87. The van der Waals surface area contributed by atoms with Crippen LogP contribution in [0.1, 0.15) is 20.3 Å². The van der Waals surface area contributed by atoms with Crippen LogP contribution < -0.4 is 0 Å². The van der Waals surface area contributed by atoms with E-state index in [2.05, 4.69) is 18.2 Å². The van der Waals surface area contributed by atoms with Crippen molar-refractivity contribution < 1.29 is 4.79 Å². The molecular weight excluding hydrogens is 158 g/mol. The average molecular weight is 175 g/mol. The van der Waals surface area contributed by atoms with Gasteiger partial charge in [-0.15, -0.1) is 0 Å². The van der Waals surface area contributed by atoms with Crippen LogP contribution in [-0.4, -0.2) is 24.8 Å². The van der Waals surface area contributed by atoms with Gasteiger partial charge in [-0.2, -0.15) is 0 Å². The molecule has 0 fully saturated rings. The molecule has 0 radical (unpaired) electrons. The molecule has 0 bridgehead atoms. The predicted molar refractivity (Wildman–Crippen MR) is 51.0 cm³/mol. The number of nitrogens with zero attached hydrogens (tertiary/aromatic N) is 1. The summed E-state index contributed by atoms with van der Waals surface area (Å²) in [5, 5.41) is 0. The van der Waals surface area contributed by atoms with E-state index in [0.717, 1.165) is 0 Å². The fraction of sp³-hybridized carbons (Fsp3) is 0.875. The number of hydrogen-bond donors (Lipinski definition) is 0. The van der Waals surface area contributed by atoms with Gasteiger partial charge in [0.1, 0.15) is 5.78 Å². The quantitative estimate of drug-likeness (QED) is 0.639. The monoisotopic (exact) mass is 175 g/mol. The smallest absolute Gasteiger partial charge is 0.143 e. The van der Waals surface area contributed by atoms with Gasteiger partial charge in [0.15, 0.2) is 0 Å². The van der Waals surface area contributed by atoms with Crippen LogP contribution in [0.2, 0.25) is 0 Å². The van der Waals surface area contributed by atoms with Crippen LogP contribution in [0.15, 0.2) is 4.36 Å². The summed E-state index contributed by atoms with van der Waals surface area (Å²) >= 11 is 0. The third kappa shape index (κ3) is 6.23. The van der Waals surface area contributed by atoms with Crippen LogP contribution in [-0.2, 0) is 15.5 Å². The van der Waals surface area contributed by atoms with Crippen molar-refractivity contribution in [2.45, 2.75) is 20.3 Å². The van der Waals surface area contributed by atoms with Gasteiger partial charge >= 0.3 is 0 Å². The molecule has 0 amide bonds. The number of carbonyl (C=O) groups is 1. The fourth-order valence-electron chi connectivity index (χ4n) is 0.812. The summed E-state index contributed by atoms with van der Waals surface area (Å²) in [5.74, 6) is 1.46. The van der Waals surface area contributed by atoms with Crippen molar-refractivity contribution >= 4 is 16.5 Å². The summed E-state index contributed by atoms with van der Waals surface area (Å²) in [6.07, 6.45) is 2.70. The van der Waals surface area contributed by atoms with E-state index in [9.17, 15) is 4.79 Å². The molecule has 0 spiro atoms. The van der Waals surface area contributed by atoms with Gasteiger partial charge in [-0.3, -0.25) is 9.16 Å². The lowest BCUT2D eigenvalue weighted by molar-refractivity contribution is -0.117. The van der Waals surface area contributed by atoms with Crippen molar-refractivity contribution in [3.63, 3.8) is 0 Å². The van der Waals surface area contributed by atoms with Crippen LogP contribution >= 0.6 is 0 Å². The Labute approximate surface area is 71.5 Å². The molecule has 1 atom stereocenters. The van der Waals surface area contributed by atoms with Crippen molar-refractivity contribution in [1.82, 2.24) is 0 Å². The van der Waals surface area contributed by atoms with E-state index >= 15 is 0 Å². The zero-order valence-electron chi connectivity index (χ0n) is 7.76. The third-order valence-corrected chi connectivity index (χ3v) is 2.68. The Morgan fingerprint density at radius 1 is 1.55 bits per heavy atom. The van der Waals surface area contributed by atoms with E-state index in [1.807, 2.05) is 6.26 Å². The van der Waals surface area contributed by atoms with Crippen LogP contribution in [0, 0.1) is 5.92 Å². The van der Waals surface area contributed by atoms with Crippen LogP contribution in [0.5, 0.6) is 0 Å². The van der Waals surface area contributed by atoms with Gasteiger partial charge in [0.2, 0.25) is 0 Å². The minimum absolute atomic E-state index is 0.0480. The highest BCUT2D eigenvalue weighted by Crippen LogP contribution is 2.00. The lowest BCUT2D eigenvalue weighted by Gasteiger charge is -2.03. The first-order chi connectivity index (χ1) is 5.06. The van der Waals surface area contributed by atoms with Crippen molar-refractivity contribution in [1.29, 1.82) is 0 Å². The average Bonchev–Trinajstić information content (AvgIpc) is 1.85. The van der Waals surface area contributed by atoms with E-state index in [0.29, 0.717) is 23.9 Å². The Morgan fingerprint density at radius 3 is 2.45 bits per heavy atom. The Balaban J connectivity index is 3.70. The van der Waals surface area contributed by atoms with E-state index < -0.39 is 0 Å².